The van der Waals surface area contributed by atoms with Crippen molar-refractivity contribution >= 4 is 11.3 Å². The van der Waals surface area contributed by atoms with E-state index >= 15 is 0 Å². The highest BCUT2D eigenvalue weighted by atomic mass is 32.1. The van der Waals surface area contributed by atoms with Crippen LogP contribution >= 0.6 is 11.3 Å². The third-order valence-electron chi connectivity index (χ3n) is 2.79. The number of hydrogen-bond acceptors (Lipinski definition) is 5. The number of nitrogens with two attached hydrogens (primary N) is 1. The van der Waals surface area contributed by atoms with Crippen molar-refractivity contribution in [2.75, 3.05) is 0 Å². The molecular formula is C12H19N5S. The molecule has 2 aromatic heterocycles. The fourth-order valence-corrected chi connectivity index (χ4v) is 2.78. The molecule has 0 aliphatic carbocycles. The van der Waals surface area contributed by atoms with Gasteiger partial charge in [0.05, 0.1) is 16.7 Å². The van der Waals surface area contributed by atoms with Gasteiger partial charge in [0.2, 0.25) is 0 Å². The van der Waals surface area contributed by atoms with E-state index in [4.69, 9.17) is 5.84 Å². The summed E-state index contributed by atoms with van der Waals surface area (Å²) < 4.78 is 2.00. The second-order valence-corrected chi connectivity index (χ2v) is 5.23. The number of nitrogens with zero attached hydrogens (tertiary/aromatic N) is 3. The summed E-state index contributed by atoms with van der Waals surface area (Å²) in [5, 5.41) is 7.48. The molecule has 1 atom stereocenters. The van der Waals surface area contributed by atoms with E-state index in [1.54, 1.807) is 11.3 Å². The lowest BCUT2D eigenvalue weighted by Gasteiger charge is -2.16. The van der Waals surface area contributed by atoms with Gasteiger partial charge < -0.3 is 0 Å². The second kappa shape index (κ2) is 6.08. The molecule has 0 spiro atoms. The quantitative estimate of drug-likeness (QED) is 0.617. The molecule has 3 N–H and O–H groups in total. The summed E-state index contributed by atoms with van der Waals surface area (Å²) in [6.07, 6.45) is 3.68. The van der Waals surface area contributed by atoms with Crippen molar-refractivity contribution in [1.29, 1.82) is 0 Å². The molecule has 2 rings (SSSR count). The molecule has 18 heavy (non-hydrogen) atoms. The minimum absolute atomic E-state index is 0.0598. The predicted octanol–water partition coefficient (Wildman–Crippen LogP) is 1.81. The van der Waals surface area contributed by atoms with Crippen LogP contribution in [0.15, 0.2) is 17.6 Å². The highest BCUT2D eigenvalue weighted by Crippen LogP contribution is 2.20. The van der Waals surface area contributed by atoms with Crippen LogP contribution in [0.2, 0.25) is 0 Å². The number of hydrogen-bond donors (Lipinski definition) is 2. The average molecular weight is 265 g/mol. The maximum absolute atomic E-state index is 5.67. The molecule has 0 amide bonds. The van der Waals surface area contributed by atoms with Gasteiger partial charge in [0.15, 0.2) is 0 Å². The number of nitrogens with one attached hydrogen (secondary N) is 1. The van der Waals surface area contributed by atoms with Crippen LogP contribution < -0.4 is 11.3 Å². The van der Waals surface area contributed by atoms with Gasteiger partial charge in [-0.05, 0) is 19.4 Å². The summed E-state index contributed by atoms with van der Waals surface area (Å²) >= 11 is 1.67. The van der Waals surface area contributed by atoms with E-state index in [0.717, 1.165) is 35.8 Å². The zero-order valence-electron chi connectivity index (χ0n) is 10.8. The van der Waals surface area contributed by atoms with Crippen molar-refractivity contribution in [3.05, 3.63) is 34.0 Å². The van der Waals surface area contributed by atoms with Gasteiger partial charge in [0.1, 0.15) is 0 Å². The summed E-state index contributed by atoms with van der Waals surface area (Å²) in [5.74, 6) is 5.67. The molecule has 6 heteroatoms. The smallest absolute Gasteiger partial charge is 0.0948 e. The topological polar surface area (TPSA) is 68.8 Å². The van der Waals surface area contributed by atoms with Gasteiger partial charge >= 0.3 is 0 Å². The summed E-state index contributed by atoms with van der Waals surface area (Å²) in [5.41, 5.74) is 5.05. The standard InChI is InChI=1S/C12H19N5S/c1-3-6-17-11(4-5-14-17)10(16-13)7-12-15-9(2)8-18-12/h4-5,8,10,16H,3,6-7,13H2,1-2H3. The van der Waals surface area contributed by atoms with E-state index in [1.807, 2.05) is 23.9 Å². The first-order valence-electron chi connectivity index (χ1n) is 6.13. The monoisotopic (exact) mass is 265 g/mol. The molecule has 2 aromatic rings. The molecular weight excluding hydrogens is 246 g/mol. The van der Waals surface area contributed by atoms with Crippen molar-refractivity contribution in [2.45, 2.75) is 39.3 Å². The predicted molar refractivity (Wildman–Crippen MR) is 73.1 cm³/mol. The van der Waals surface area contributed by atoms with Crippen LogP contribution in [0.3, 0.4) is 0 Å². The minimum atomic E-state index is 0.0598. The van der Waals surface area contributed by atoms with E-state index < -0.39 is 0 Å². The lowest BCUT2D eigenvalue weighted by Crippen LogP contribution is -2.31. The Balaban J connectivity index is 2.14. The van der Waals surface area contributed by atoms with Crippen LogP contribution in [0.4, 0.5) is 0 Å². The zero-order valence-corrected chi connectivity index (χ0v) is 11.6. The minimum Gasteiger partial charge on any atom is -0.271 e. The van der Waals surface area contributed by atoms with Crippen LogP contribution in [0.1, 0.15) is 35.8 Å². The van der Waals surface area contributed by atoms with E-state index in [9.17, 15) is 0 Å². The number of thiazole rings is 1. The maximum Gasteiger partial charge on any atom is 0.0948 e. The molecule has 1 unspecified atom stereocenters. The van der Waals surface area contributed by atoms with Crippen molar-refractivity contribution < 1.29 is 0 Å². The Morgan fingerprint density at radius 1 is 1.56 bits per heavy atom. The molecule has 0 aromatic carbocycles. The van der Waals surface area contributed by atoms with Gasteiger partial charge in [-0.2, -0.15) is 5.10 Å². The molecule has 0 saturated carbocycles. The van der Waals surface area contributed by atoms with Gasteiger partial charge in [-0.1, -0.05) is 6.92 Å². The average Bonchev–Trinajstić information content (AvgIpc) is 2.96. The largest absolute Gasteiger partial charge is 0.271 e. The number of aryl methyl sites for hydroxylation is 2. The van der Waals surface area contributed by atoms with Gasteiger partial charge in [0.25, 0.3) is 0 Å². The van der Waals surface area contributed by atoms with Crippen LogP contribution in [0.25, 0.3) is 0 Å². The Morgan fingerprint density at radius 3 is 3.00 bits per heavy atom. The first-order chi connectivity index (χ1) is 8.74. The number of rotatable bonds is 6. The summed E-state index contributed by atoms with van der Waals surface area (Å²) in [4.78, 5) is 4.48. The molecule has 0 radical (unpaired) electrons. The van der Waals surface area contributed by atoms with Crippen molar-refractivity contribution in [3.63, 3.8) is 0 Å². The molecule has 0 aliphatic rings. The summed E-state index contributed by atoms with van der Waals surface area (Å²) in [6, 6.07) is 2.07. The van der Waals surface area contributed by atoms with Crippen LogP contribution in [-0.2, 0) is 13.0 Å². The lowest BCUT2D eigenvalue weighted by molar-refractivity contribution is 0.477. The van der Waals surface area contributed by atoms with Crippen LogP contribution in [0.5, 0.6) is 0 Å². The normalized spacial score (nSPS) is 12.8. The molecule has 2 heterocycles. The van der Waals surface area contributed by atoms with Crippen molar-refractivity contribution in [2.24, 2.45) is 5.84 Å². The van der Waals surface area contributed by atoms with Gasteiger partial charge in [-0.15, -0.1) is 11.3 Å². The van der Waals surface area contributed by atoms with Crippen molar-refractivity contribution in [1.82, 2.24) is 20.2 Å². The van der Waals surface area contributed by atoms with E-state index in [2.05, 4.69) is 27.8 Å². The molecule has 0 fully saturated rings. The third kappa shape index (κ3) is 2.95. The Bertz CT molecular complexity index is 490. The van der Waals surface area contributed by atoms with Crippen molar-refractivity contribution in [3.8, 4) is 0 Å². The summed E-state index contributed by atoms with van der Waals surface area (Å²) in [6.45, 7) is 5.06. The third-order valence-corrected chi connectivity index (χ3v) is 3.78. The first-order valence-corrected chi connectivity index (χ1v) is 7.01. The summed E-state index contributed by atoms with van der Waals surface area (Å²) in [7, 11) is 0. The molecule has 98 valence electrons. The van der Waals surface area contributed by atoms with Gasteiger partial charge in [-0.25, -0.2) is 4.98 Å². The molecule has 0 aliphatic heterocycles. The molecule has 0 saturated heterocycles. The van der Waals surface area contributed by atoms with Crippen LogP contribution in [0, 0.1) is 6.92 Å². The number of aromatic nitrogens is 3. The van der Waals surface area contributed by atoms with E-state index in [1.165, 1.54) is 0 Å². The SMILES string of the molecule is CCCn1nccc1C(Cc1nc(C)cs1)NN. The molecule has 0 bridgehead atoms. The Morgan fingerprint density at radius 2 is 2.39 bits per heavy atom. The first kappa shape index (κ1) is 13.2. The second-order valence-electron chi connectivity index (χ2n) is 4.29. The van der Waals surface area contributed by atoms with Gasteiger partial charge in [-0.3, -0.25) is 16.0 Å². The van der Waals surface area contributed by atoms with E-state index in [-0.39, 0.29) is 6.04 Å². The number of hydrazine groups is 1. The fourth-order valence-electron chi connectivity index (χ4n) is 1.96. The Labute approximate surface area is 111 Å². The van der Waals surface area contributed by atoms with Crippen LogP contribution in [-0.4, -0.2) is 14.8 Å². The van der Waals surface area contributed by atoms with Gasteiger partial charge in [0, 0.05) is 30.2 Å². The maximum atomic E-state index is 5.67. The Kier molecular flexibility index (Phi) is 4.46. The highest BCUT2D eigenvalue weighted by molar-refractivity contribution is 7.09. The zero-order chi connectivity index (χ0) is 13.0. The highest BCUT2D eigenvalue weighted by Gasteiger charge is 2.16. The lowest BCUT2D eigenvalue weighted by atomic mass is 10.1. The fraction of sp³-hybridized carbons (Fsp3) is 0.500. The Hall–Kier alpha value is -1.24. The van der Waals surface area contributed by atoms with E-state index in [0.29, 0.717) is 0 Å². The molecule has 5 nitrogen and oxygen atoms in total.